The van der Waals surface area contributed by atoms with Gasteiger partial charge in [-0.05, 0) is 50.5 Å². The van der Waals surface area contributed by atoms with Crippen LogP contribution in [-0.2, 0) is 16.0 Å². The first-order valence-corrected chi connectivity index (χ1v) is 7.31. The molecule has 6 heteroatoms. The minimum Gasteiger partial charge on any atom is -0.481 e. The van der Waals surface area contributed by atoms with Gasteiger partial charge in [0.05, 0.1) is 6.42 Å². The number of hydrogen-bond donors (Lipinski definition) is 2. The van der Waals surface area contributed by atoms with Crippen molar-refractivity contribution < 1.29 is 23.8 Å². The molecule has 0 aliphatic heterocycles. The fraction of sp³-hybridized carbons (Fsp3) is 0.412. The third-order valence-corrected chi connectivity index (χ3v) is 2.70. The summed E-state index contributed by atoms with van der Waals surface area (Å²) in [6.45, 7) is 5.77. The number of amides is 1. The van der Waals surface area contributed by atoms with Crippen molar-refractivity contribution in [3.8, 4) is 0 Å². The SMILES string of the molecule is CC(C)(C)OC(=O)NCCC=Cc1ccc(F)c(CC(=O)O)c1. The van der Waals surface area contributed by atoms with Gasteiger partial charge < -0.3 is 15.2 Å². The van der Waals surface area contributed by atoms with Gasteiger partial charge in [-0.15, -0.1) is 0 Å². The fourth-order valence-corrected chi connectivity index (χ4v) is 1.79. The third-order valence-electron chi connectivity index (χ3n) is 2.70. The highest BCUT2D eigenvalue weighted by Gasteiger charge is 2.15. The number of carboxylic acids is 1. The zero-order valence-corrected chi connectivity index (χ0v) is 13.6. The molecule has 0 radical (unpaired) electrons. The summed E-state index contributed by atoms with van der Waals surface area (Å²) in [4.78, 5) is 22.1. The van der Waals surface area contributed by atoms with Crippen LogP contribution in [0.15, 0.2) is 24.3 Å². The zero-order chi connectivity index (χ0) is 17.5. The lowest BCUT2D eigenvalue weighted by molar-refractivity contribution is -0.136. The van der Waals surface area contributed by atoms with Crippen LogP contribution in [0.25, 0.3) is 6.08 Å². The summed E-state index contributed by atoms with van der Waals surface area (Å²) in [6, 6.07) is 4.32. The zero-order valence-electron chi connectivity index (χ0n) is 13.6. The third kappa shape index (κ3) is 7.99. The van der Waals surface area contributed by atoms with E-state index in [2.05, 4.69) is 5.32 Å². The number of aliphatic carboxylic acids is 1. The summed E-state index contributed by atoms with van der Waals surface area (Å²) in [5, 5.41) is 11.3. The standard InChI is InChI=1S/C17H22FNO4/c1-17(2,3)23-16(22)19-9-5-4-6-12-7-8-14(18)13(10-12)11-15(20)21/h4,6-8,10H,5,9,11H2,1-3H3,(H,19,22)(H,20,21). The van der Waals surface area contributed by atoms with Crippen molar-refractivity contribution in [3.63, 3.8) is 0 Å². The van der Waals surface area contributed by atoms with Gasteiger partial charge in [0, 0.05) is 6.54 Å². The van der Waals surface area contributed by atoms with E-state index in [4.69, 9.17) is 9.84 Å². The molecule has 0 atom stereocenters. The van der Waals surface area contributed by atoms with Crippen molar-refractivity contribution in [1.29, 1.82) is 0 Å². The Bertz CT molecular complexity index is 591. The van der Waals surface area contributed by atoms with Crippen LogP contribution in [0.1, 0.15) is 38.3 Å². The number of rotatable bonds is 6. The predicted molar refractivity (Wildman–Crippen MR) is 85.6 cm³/mol. The van der Waals surface area contributed by atoms with E-state index >= 15 is 0 Å². The van der Waals surface area contributed by atoms with E-state index in [1.807, 2.05) is 6.08 Å². The molecule has 0 saturated heterocycles. The number of carbonyl (C=O) groups excluding carboxylic acids is 1. The normalized spacial score (nSPS) is 11.5. The van der Waals surface area contributed by atoms with Gasteiger partial charge in [0.15, 0.2) is 0 Å². The number of halogens is 1. The molecule has 1 amide bonds. The molecule has 0 spiro atoms. The number of nitrogens with one attached hydrogen (secondary N) is 1. The Morgan fingerprint density at radius 3 is 2.65 bits per heavy atom. The lowest BCUT2D eigenvalue weighted by atomic mass is 10.1. The van der Waals surface area contributed by atoms with Crippen LogP contribution in [0.4, 0.5) is 9.18 Å². The van der Waals surface area contributed by atoms with E-state index in [1.54, 1.807) is 32.9 Å². The number of hydrogen-bond acceptors (Lipinski definition) is 3. The first-order chi connectivity index (χ1) is 10.7. The number of benzene rings is 1. The largest absolute Gasteiger partial charge is 0.481 e. The molecule has 2 N–H and O–H groups in total. The second-order valence-electron chi connectivity index (χ2n) is 6.04. The maximum Gasteiger partial charge on any atom is 0.407 e. The first-order valence-electron chi connectivity index (χ1n) is 7.31. The summed E-state index contributed by atoms with van der Waals surface area (Å²) < 4.78 is 18.5. The fourth-order valence-electron chi connectivity index (χ4n) is 1.79. The van der Waals surface area contributed by atoms with Crippen LogP contribution in [0, 0.1) is 5.82 Å². The summed E-state index contributed by atoms with van der Waals surface area (Å²) in [7, 11) is 0. The number of alkyl carbamates (subject to hydrolysis) is 1. The Labute approximate surface area is 135 Å². The quantitative estimate of drug-likeness (QED) is 0.787. The molecule has 23 heavy (non-hydrogen) atoms. The Morgan fingerprint density at radius 1 is 1.35 bits per heavy atom. The monoisotopic (exact) mass is 323 g/mol. The minimum absolute atomic E-state index is 0.145. The van der Waals surface area contributed by atoms with Gasteiger partial charge in [-0.2, -0.15) is 0 Å². The molecule has 126 valence electrons. The van der Waals surface area contributed by atoms with Gasteiger partial charge in [-0.1, -0.05) is 18.2 Å². The maximum atomic E-state index is 13.4. The first kappa shape index (κ1) is 18.7. The summed E-state index contributed by atoms with van der Waals surface area (Å²) in [6.07, 6.45) is 3.31. The van der Waals surface area contributed by atoms with E-state index in [1.165, 1.54) is 12.1 Å². The van der Waals surface area contributed by atoms with Gasteiger partial charge in [-0.25, -0.2) is 9.18 Å². The molecule has 5 nitrogen and oxygen atoms in total. The molecule has 1 aromatic carbocycles. The molecule has 0 aliphatic rings. The van der Waals surface area contributed by atoms with E-state index in [0.29, 0.717) is 18.5 Å². The molecule has 0 aliphatic carbocycles. The van der Waals surface area contributed by atoms with Crippen molar-refractivity contribution in [3.05, 3.63) is 41.2 Å². The molecule has 1 rings (SSSR count). The molecule has 0 fully saturated rings. The van der Waals surface area contributed by atoms with E-state index in [-0.39, 0.29) is 12.0 Å². The van der Waals surface area contributed by atoms with E-state index in [9.17, 15) is 14.0 Å². The molecule has 1 aromatic rings. The highest BCUT2D eigenvalue weighted by Crippen LogP contribution is 2.13. The number of carboxylic acid groups (broad SMARTS) is 1. The molecule has 0 saturated carbocycles. The van der Waals surface area contributed by atoms with Gasteiger partial charge >= 0.3 is 12.1 Å². The Morgan fingerprint density at radius 2 is 2.04 bits per heavy atom. The van der Waals surface area contributed by atoms with Crippen LogP contribution in [0.2, 0.25) is 0 Å². The van der Waals surface area contributed by atoms with Crippen molar-refractivity contribution in [1.82, 2.24) is 5.32 Å². The summed E-state index contributed by atoms with van der Waals surface area (Å²) in [5.74, 6) is -1.61. The molecule has 0 heterocycles. The molecular formula is C17H22FNO4. The lowest BCUT2D eigenvalue weighted by Crippen LogP contribution is -2.32. The minimum atomic E-state index is -1.08. The smallest absolute Gasteiger partial charge is 0.407 e. The molecule has 0 aromatic heterocycles. The van der Waals surface area contributed by atoms with Crippen molar-refractivity contribution >= 4 is 18.1 Å². The second kappa shape index (κ2) is 8.31. The number of ether oxygens (including phenoxy) is 1. The van der Waals surface area contributed by atoms with Gasteiger partial charge in [0.25, 0.3) is 0 Å². The number of carbonyl (C=O) groups is 2. The summed E-state index contributed by atoms with van der Waals surface area (Å²) >= 11 is 0. The molecule has 0 unspecified atom stereocenters. The lowest BCUT2D eigenvalue weighted by Gasteiger charge is -2.19. The average molecular weight is 323 g/mol. The topological polar surface area (TPSA) is 75.6 Å². The van der Waals surface area contributed by atoms with Crippen LogP contribution >= 0.6 is 0 Å². The average Bonchev–Trinajstić information content (AvgIpc) is 2.39. The Balaban J connectivity index is 2.46. The molecule has 0 bridgehead atoms. The Kier molecular flexibility index (Phi) is 6.75. The molecular weight excluding hydrogens is 301 g/mol. The van der Waals surface area contributed by atoms with Gasteiger partial charge in [0.2, 0.25) is 0 Å². The van der Waals surface area contributed by atoms with Crippen LogP contribution in [0.5, 0.6) is 0 Å². The van der Waals surface area contributed by atoms with Crippen LogP contribution in [0.3, 0.4) is 0 Å². The van der Waals surface area contributed by atoms with Crippen LogP contribution in [-0.4, -0.2) is 29.3 Å². The van der Waals surface area contributed by atoms with Crippen molar-refractivity contribution in [2.45, 2.75) is 39.2 Å². The van der Waals surface area contributed by atoms with Gasteiger partial charge in [-0.3, -0.25) is 4.79 Å². The Hall–Kier alpha value is -2.37. The summed E-state index contributed by atoms with van der Waals surface area (Å²) in [5.41, 5.74) is 0.320. The van der Waals surface area contributed by atoms with Crippen molar-refractivity contribution in [2.24, 2.45) is 0 Å². The predicted octanol–water partition coefficient (Wildman–Crippen LogP) is 3.38. The van der Waals surface area contributed by atoms with E-state index in [0.717, 1.165) is 0 Å². The van der Waals surface area contributed by atoms with Crippen molar-refractivity contribution in [2.75, 3.05) is 6.54 Å². The second-order valence-corrected chi connectivity index (χ2v) is 6.04. The van der Waals surface area contributed by atoms with Gasteiger partial charge in [0.1, 0.15) is 11.4 Å². The maximum absolute atomic E-state index is 13.4. The van der Waals surface area contributed by atoms with Crippen LogP contribution < -0.4 is 5.32 Å². The highest BCUT2D eigenvalue weighted by atomic mass is 19.1. The highest BCUT2D eigenvalue weighted by molar-refractivity contribution is 5.70. The van der Waals surface area contributed by atoms with E-state index < -0.39 is 23.5 Å².